The standard InChI is InChI=1S/C8H15FN2S.C2HF3O2/c1-5(2)7(9)3-6-4-12-8(10)11-6;3-2(4,5)1(6)7/h5-7H,3-4H2,1-2H3,(H2,10,11);(H,6,7). The van der Waals surface area contributed by atoms with Crippen LogP contribution in [0.3, 0.4) is 0 Å². The van der Waals surface area contributed by atoms with Crippen molar-refractivity contribution in [3.05, 3.63) is 0 Å². The molecule has 0 spiro atoms. The lowest BCUT2D eigenvalue weighted by molar-refractivity contribution is -0.192. The summed E-state index contributed by atoms with van der Waals surface area (Å²) >= 11 is 1.52. The molecule has 9 heteroatoms. The number of rotatable bonds is 3. The molecule has 0 aromatic carbocycles. The Morgan fingerprint density at radius 1 is 1.58 bits per heavy atom. The van der Waals surface area contributed by atoms with Crippen LogP contribution in [0, 0.1) is 5.92 Å². The first-order valence-electron chi connectivity index (χ1n) is 5.44. The number of carboxylic acid groups (broad SMARTS) is 1. The average Bonchev–Trinajstić information content (AvgIpc) is 2.63. The Bertz CT molecular complexity index is 334. The van der Waals surface area contributed by atoms with Crippen LogP contribution in [0.1, 0.15) is 20.3 Å². The van der Waals surface area contributed by atoms with E-state index in [0.29, 0.717) is 11.6 Å². The Kier molecular flexibility index (Phi) is 7.17. The summed E-state index contributed by atoms with van der Waals surface area (Å²) in [7, 11) is 0. The molecule has 3 N–H and O–H groups in total. The second-order valence-corrected chi connectivity index (χ2v) is 5.27. The van der Waals surface area contributed by atoms with E-state index in [1.54, 1.807) is 0 Å². The van der Waals surface area contributed by atoms with Crippen molar-refractivity contribution in [2.24, 2.45) is 16.6 Å². The summed E-state index contributed by atoms with van der Waals surface area (Å²) in [4.78, 5) is 13.0. The van der Waals surface area contributed by atoms with E-state index in [1.165, 1.54) is 11.8 Å². The van der Waals surface area contributed by atoms with Crippen LogP contribution in [0.5, 0.6) is 0 Å². The Morgan fingerprint density at radius 2 is 2.05 bits per heavy atom. The first-order valence-corrected chi connectivity index (χ1v) is 6.42. The van der Waals surface area contributed by atoms with Crippen LogP contribution in [0.25, 0.3) is 0 Å². The van der Waals surface area contributed by atoms with Crippen LogP contribution in [-0.2, 0) is 4.79 Å². The van der Waals surface area contributed by atoms with Gasteiger partial charge >= 0.3 is 12.1 Å². The zero-order chi connectivity index (χ0) is 15.2. The van der Waals surface area contributed by atoms with Gasteiger partial charge in [-0.05, 0) is 5.92 Å². The second kappa shape index (κ2) is 7.56. The van der Waals surface area contributed by atoms with Gasteiger partial charge in [0.15, 0.2) is 5.17 Å². The van der Waals surface area contributed by atoms with Crippen molar-refractivity contribution in [1.82, 2.24) is 0 Å². The number of halogens is 4. The third-order valence-corrected chi connectivity index (χ3v) is 3.15. The van der Waals surface area contributed by atoms with Crippen molar-refractivity contribution in [2.45, 2.75) is 38.7 Å². The quantitative estimate of drug-likeness (QED) is 0.785. The number of carbonyl (C=O) groups is 1. The van der Waals surface area contributed by atoms with E-state index in [-0.39, 0.29) is 12.0 Å². The van der Waals surface area contributed by atoms with Crippen LogP contribution in [0.2, 0.25) is 0 Å². The van der Waals surface area contributed by atoms with Crippen LogP contribution in [0.4, 0.5) is 17.6 Å². The van der Waals surface area contributed by atoms with E-state index in [2.05, 4.69) is 4.99 Å². The number of carboxylic acids is 1. The molecule has 1 heterocycles. The molecule has 0 saturated heterocycles. The summed E-state index contributed by atoms with van der Waals surface area (Å²) < 4.78 is 44.9. The fourth-order valence-electron chi connectivity index (χ4n) is 1.09. The lowest BCUT2D eigenvalue weighted by Gasteiger charge is -2.13. The largest absolute Gasteiger partial charge is 0.490 e. The van der Waals surface area contributed by atoms with Gasteiger partial charge < -0.3 is 10.8 Å². The van der Waals surface area contributed by atoms with Crippen molar-refractivity contribution in [3.63, 3.8) is 0 Å². The Balaban J connectivity index is 0.000000399. The molecule has 19 heavy (non-hydrogen) atoms. The van der Waals surface area contributed by atoms with E-state index < -0.39 is 18.3 Å². The molecule has 0 amide bonds. The zero-order valence-corrected chi connectivity index (χ0v) is 11.3. The number of alkyl halides is 4. The molecule has 4 nitrogen and oxygen atoms in total. The Hall–Kier alpha value is -0.990. The monoisotopic (exact) mass is 304 g/mol. The summed E-state index contributed by atoms with van der Waals surface area (Å²) in [5, 5.41) is 7.73. The highest BCUT2D eigenvalue weighted by atomic mass is 32.2. The fraction of sp³-hybridized carbons (Fsp3) is 0.800. The highest BCUT2D eigenvalue weighted by Gasteiger charge is 2.38. The molecule has 0 aromatic heterocycles. The Morgan fingerprint density at radius 3 is 2.32 bits per heavy atom. The van der Waals surface area contributed by atoms with E-state index in [4.69, 9.17) is 15.6 Å². The number of hydrogen-bond acceptors (Lipinski definition) is 4. The predicted molar refractivity (Wildman–Crippen MR) is 65.9 cm³/mol. The summed E-state index contributed by atoms with van der Waals surface area (Å²) in [5.74, 6) is -1.82. The summed E-state index contributed by atoms with van der Waals surface area (Å²) in [5.41, 5.74) is 5.47. The SMILES string of the molecule is CC(C)C(F)CC1CSC(N)=N1.O=C(O)C(F)(F)F. The minimum atomic E-state index is -5.08. The van der Waals surface area contributed by atoms with Crippen molar-refractivity contribution in [2.75, 3.05) is 5.75 Å². The maximum Gasteiger partial charge on any atom is 0.490 e. The van der Waals surface area contributed by atoms with E-state index in [9.17, 15) is 17.6 Å². The minimum absolute atomic E-state index is 0.0898. The van der Waals surface area contributed by atoms with Gasteiger partial charge in [-0.15, -0.1) is 0 Å². The van der Waals surface area contributed by atoms with Crippen LogP contribution in [0.15, 0.2) is 4.99 Å². The van der Waals surface area contributed by atoms with Crippen LogP contribution in [-0.4, -0.2) is 40.4 Å². The van der Waals surface area contributed by atoms with Crippen LogP contribution >= 0.6 is 11.8 Å². The van der Waals surface area contributed by atoms with Gasteiger partial charge in [0.2, 0.25) is 0 Å². The molecule has 2 atom stereocenters. The first-order chi connectivity index (χ1) is 8.54. The number of hydrogen-bond donors (Lipinski definition) is 2. The first kappa shape index (κ1) is 18.0. The Labute approximate surface area is 112 Å². The molecule has 1 aliphatic rings. The van der Waals surface area contributed by atoms with Gasteiger partial charge in [-0.2, -0.15) is 13.2 Å². The van der Waals surface area contributed by atoms with Crippen molar-refractivity contribution in [3.8, 4) is 0 Å². The third-order valence-electron chi connectivity index (χ3n) is 2.20. The van der Waals surface area contributed by atoms with E-state index in [0.717, 1.165) is 5.75 Å². The molecule has 0 aromatic rings. The topological polar surface area (TPSA) is 75.7 Å². The number of amidine groups is 1. The average molecular weight is 304 g/mol. The zero-order valence-electron chi connectivity index (χ0n) is 10.4. The summed E-state index contributed by atoms with van der Waals surface area (Å²) in [6.45, 7) is 3.78. The molecule has 2 unspecified atom stereocenters. The predicted octanol–water partition coefficient (Wildman–Crippen LogP) is 2.43. The van der Waals surface area contributed by atoms with Gasteiger partial charge in [0.05, 0.1) is 6.04 Å². The fourth-order valence-corrected chi connectivity index (χ4v) is 1.89. The second-order valence-electron chi connectivity index (χ2n) is 4.23. The third kappa shape index (κ3) is 7.91. The van der Waals surface area contributed by atoms with Gasteiger partial charge in [0.25, 0.3) is 0 Å². The number of thioether (sulfide) groups is 1. The van der Waals surface area contributed by atoms with E-state index >= 15 is 0 Å². The van der Waals surface area contributed by atoms with Gasteiger partial charge in [0, 0.05) is 12.2 Å². The van der Waals surface area contributed by atoms with Crippen LogP contribution < -0.4 is 5.73 Å². The van der Waals surface area contributed by atoms with Gasteiger partial charge in [-0.25, -0.2) is 9.18 Å². The highest BCUT2D eigenvalue weighted by Crippen LogP contribution is 2.22. The molecule has 1 rings (SSSR count). The van der Waals surface area contributed by atoms with Gasteiger partial charge in [0.1, 0.15) is 6.17 Å². The lowest BCUT2D eigenvalue weighted by Crippen LogP contribution is -2.21. The number of nitrogens with two attached hydrogens (primary N) is 1. The minimum Gasteiger partial charge on any atom is -0.475 e. The molecule has 0 saturated carbocycles. The normalized spacial score (nSPS) is 20.6. The molecule has 0 aliphatic carbocycles. The molecule has 0 bridgehead atoms. The number of nitrogens with zero attached hydrogens (tertiary/aromatic N) is 1. The maximum absolute atomic E-state index is 13.2. The maximum atomic E-state index is 13.2. The molecular formula is C10H16F4N2O2S. The van der Waals surface area contributed by atoms with Gasteiger partial charge in [-0.3, -0.25) is 4.99 Å². The van der Waals surface area contributed by atoms with Gasteiger partial charge in [-0.1, -0.05) is 25.6 Å². The molecule has 0 radical (unpaired) electrons. The van der Waals surface area contributed by atoms with E-state index in [1.807, 2.05) is 13.8 Å². The summed E-state index contributed by atoms with van der Waals surface area (Å²) in [6, 6.07) is 0.104. The number of aliphatic imine (C=N–C) groups is 1. The number of aliphatic carboxylic acids is 1. The van der Waals surface area contributed by atoms with Crippen molar-refractivity contribution >= 4 is 22.9 Å². The molecule has 1 aliphatic heterocycles. The summed E-state index contributed by atoms with van der Waals surface area (Å²) in [6.07, 6.45) is -5.31. The van der Waals surface area contributed by atoms with Crippen molar-refractivity contribution in [1.29, 1.82) is 0 Å². The highest BCUT2D eigenvalue weighted by molar-refractivity contribution is 8.14. The van der Waals surface area contributed by atoms with Crippen molar-refractivity contribution < 1.29 is 27.5 Å². The smallest absolute Gasteiger partial charge is 0.475 e. The molecule has 0 fully saturated rings. The molecule has 112 valence electrons. The molecular weight excluding hydrogens is 288 g/mol. The lowest BCUT2D eigenvalue weighted by atomic mass is 10.0.